The summed E-state index contributed by atoms with van der Waals surface area (Å²) < 4.78 is 77.0. The number of fused-ring (bicyclic) bond motifs is 1. The van der Waals surface area contributed by atoms with Gasteiger partial charge in [0.05, 0.1) is 24.4 Å². The summed E-state index contributed by atoms with van der Waals surface area (Å²) in [5.74, 6) is -3.70. The molecule has 1 amide bonds. The van der Waals surface area contributed by atoms with Crippen LogP contribution in [-0.4, -0.2) is 44.6 Å². The molecule has 1 atom stereocenters. The fourth-order valence-corrected chi connectivity index (χ4v) is 2.71. The molecule has 192 valence electrons. The van der Waals surface area contributed by atoms with E-state index in [1.165, 1.54) is 25.4 Å². The Balaban J connectivity index is 0.000000572. The van der Waals surface area contributed by atoms with Crippen LogP contribution in [0.3, 0.4) is 0 Å². The lowest BCUT2D eigenvalue weighted by Gasteiger charge is -2.11. The second kappa shape index (κ2) is 10.9. The Labute approximate surface area is 199 Å². The molecule has 15 heteroatoms. The van der Waals surface area contributed by atoms with Crippen LogP contribution in [-0.2, 0) is 17.4 Å². The number of amides is 1. The highest BCUT2D eigenvalue weighted by molar-refractivity contribution is 6.05. The van der Waals surface area contributed by atoms with E-state index >= 15 is 0 Å². The molecular weight excluding hydrogens is 500 g/mol. The monoisotopic (exact) mass is 517 g/mol. The van der Waals surface area contributed by atoms with E-state index in [0.29, 0.717) is 17.8 Å². The number of methoxy groups -OCH3 is 1. The van der Waals surface area contributed by atoms with Crippen LogP contribution in [0.25, 0.3) is 5.65 Å². The van der Waals surface area contributed by atoms with E-state index < -0.39 is 29.9 Å². The molecule has 9 nitrogen and oxygen atoms in total. The fourth-order valence-electron chi connectivity index (χ4n) is 2.71. The molecule has 0 fully saturated rings. The minimum Gasteiger partial charge on any atom is -0.496 e. The lowest BCUT2D eigenvalue weighted by Crippen LogP contribution is -2.21. The molecule has 3 aromatic rings. The molecule has 0 saturated heterocycles. The van der Waals surface area contributed by atoms with E-state index in [4.69, 9.17) is 19.9 Å². The molecule has 0 aliphatic rings. The fraction of sp³-hybridized carbons (Fsp3) is 0.286. The maximum Gasteiger partial charge on any atom is 0.490 e. The predicted molar refractivity (Wildman–Crippen MR) is 111 cm³/mol. The van der Waals surface area contributed by atoms with Gasteiger partial charge in [-0.15, -0.1) is 0 Å². The summed E-state index contributed by atoms with van der Waals surface area (Å²) in [5, 5.41) is 18.4. The summed E-state index contributed by atoms with van der Waals surface area (Å²) in [4.78, 5) is 29.4. The number of ether oxygens (including phenoxy) is 1. The first-order valence-electron chi connectivity index (χ1n) is 9.76. The Hall–Kier alpha value is -4.35. The Morgan fingerprint density at radius 2 is 1.83 bits per heavy atom. The molecule has 0 aliphatic heterocycles. The van der Waals surface area contributed by atoms with Gasteiger partial charge in [0.15, 0.2) is 0 Å². The molecule has 0 saturated carbocycles. The quantitative estimate of drug-likeness (QED) is 0.482. The molecular formula is C21H17F6N5O4. The van der Waals surface area contributed by atoms with Crippen LogP contribution in [0.15, 0.2) is 36.7 Å². The molecule has 0 aliphatic carbocycles. The van der Waals surface area contributed by atoms with Crippen molar-refractivity contribution in [1.82, 2.24) is 14.4 Å². The van der Waals surface area contributed by atoms with Crippen LogP contribution in [0.4, 0.5) is 32.2 Å². The standard InChI is InChI=1S/C19H16F3N5O2.C2HF3O2/c1-11(8-23)6-12-9-27-10-13(14(29-2)7-17(27)24-12)18(28)26-16-5-3-4-15(25-16)19(20,21)22;3-2(4,5)1(6)7/h3-5,7,9-11H,6H2,1-2H3,(H,25,26,28);(H,6,7). The minimum atomic E-state index is -5.08. The van der Waals surface area contributed by atoms with Gasteiger partial charge in [0, 0.05) is 30.8 Å². The van der Waals surface area contributed by atoms with Crippen molar-refractivity contribution in [3.05, 3.63) is 53.6 Å². The van der Waals surface area contributed by atoms with E-state index in [0.717, 1.165) is 12.1 Å². The number of carboxylic acid groups (broad SMARTS) is 1. The number of carbonyl (C=O) groups excluding carboxylic acids is 1. The van der Waals surface area contributed by atoms with E-state index in [9.17, 15) is 31.1 Å². The van der Waals surface area contributed by atoms with Gasteiger partial charge in [0.1, 0.15) is 22.9 Å². The summed E-state index contributed by atoms with van der Waals surface area (Å²) in [6, 6.07) is 6.90. The van der Waals surface area contributed by atoms with E-state index in [1.807, 2.05) is 0 Å². The van der Waals surface area contributed by atoms with Gasteiger partial charge >= 0.3 is 18.3 Å². The lowest BCUT2D eigenvalue weighted by molar-refractivity contribution is -0.192. The molecule has 36 heavy (non-hydrogen) atoms. The van der Waals surface area contributed by atoms with Crippen molar-refractivity contribution < 1.29 is 45.8 Å². The molecule has 3 rings (SSSR count). The molecule has 0 aromatic carbocycles. The average molecular weight is 517 g/mol. The van der Waals surface area contributed by atoms with Crippen LogP contribution in [0.1, 0.15) is 28.7 Å². The predicted octanol–water partition coefficient (Wildman–Crippen LogP) is 4.34. The van der Waals surface area contributed by atoms with Crippen LogP contribution in [0.5, 0.6) is 5.75 Å². The number of hydrogen-bond acceptors (Lipinski definition) is 6. The number of nitrogens with zero attached hydrogens (tertiary/aromatic N) is 4. The van der Waals surface area contributed by atoms with Gasteiger partial charge in [-0.05, 0) is 19.1 Å². The van der Waals surface area contributed by atoms with E-state index in [-0.39, 0.29) is 23.0 Å². The Bertz CT molecular complexity index is 1300. The van der Waals surface area contributed by atoms with Crippen molar-refractivity contribution in [2.75, 3.05) is 12.4 Å². The SMILES string of the molecule is COc1cc2nc(CC(C)C#N)cn2cc1C(=O)Nc1cccc(C(F)(F)F)n1.O=C(O)C(F)(F)F. The van der Waals surface area contributed by atoms with Crippen LogP contribution in [0, 0.1) is 17.2 Å². The van der Waals surface area contributed by atoms with Crippen molar-refractivity contribution in [1.29, 1.82) is 5.26 Å². The smallest absolute Gasteiger partial charge is 0.490 e. The van der Waals surface area contributed by atoms with Gasteiger partial charge in [-0.2, -0.15) is 31.6 Å². The number of alkyl halides is 6. The Kier molecular flexibility index (Phi) is 8.47. The Morgan fingerprint density at radius 3 is 2.36 bits per heavy atom. The largest absolute Gasteiger partial charge is 0.496 e. The molecule has 3 heterocycles. The topological polar surface area (TPSA) is 130 Å². The minimum absolute atomic E-state index is 0.0940. The third kappa shape index (κ3) is 7.32. The highest BCUT2D eigenvalue weighted by Gasteiger charge is 2.38. The first kappa shape index (κ1) is 27.9. The number of rotatable bonds is 5. The average Bonchev–Trinajstić information content (AvgIpc) is 3.18. The molecule has 0 bridgehead atoms. The first-order valence-corrected chi connectivity index (χ1v) is 9.76. The van der Waals surface area contributed by atoms with Gasteiger partial charge in [0.25, 0.3) is 5.91 Å². The zero-order valence-corrected chi connectivity index (χ0v) is 18.5. The summed E-state index contributed by atoms with van der Waals surface area (Å²) >= 11 is 0. The number of imidazole rings is 1. The van der Waals surface area contributed by atoms with Crippen molar-refractivity contribution in [2.45, 2.75) is 25.7 Å². The highest BCUT2D eigenvalue weighted by Crippen LogP contribution is 2.28. The van der Waals surface area contributed by atoms with E-state index in [2.05, 4.69) is 21.4 Å². The number of aliphatic carboxylic acids is 1. The van der Waals surface area contributed by atoms with Crippen molar-refractivity contribution in [3.63, 3.8) is 0 Å². The van der Waals surface area contributed by atoms with Crippen LogP contribution < -0.4 is 10.1 Å². The number of nitriles is 1. The third-order valence-corrected chi connectivity index (χ3v) is 4.33. The number of pyridine rings is 2. The van der Waals surface area contributed by atoms with Gasteiger partial charge in [0.2, 0.25) is 0 Å². The van der Waals surface area contributed by atoms with Gasteiger partial charge in [-0.25, -0.2) is 14.8 Å². The molecule has 1 unspecified atom stereocenters. The number of nitrogens with one attached hydrogen (secondary N) is 1. The summed E-state index contributed by atoms with van der Waals surface area (Å²) in [6.07, 6.45) is -6.12. The second-order valence-electron chi connectivity index (χ2n) is 7.15. The highest BCUT2D eigenvalue weighted by atomic mass is 19.4. The number of anilines is 1. The molecule has 0 spiro atoms. The summed E-state index contributed by atoms with van der Waals surface area (Å²) in [6.45, 7) is 1.77. The maximum atomic E-state index is 12.8. The lowest BCUT2D eigenvalue weighted by atomic mass is 10.1. The van der Waals surface area contributed by atoms with Crippen molar-refractivity contribution >= 4 is 23.3 Å². The van der Waals surface area contributed by atoms with Crippen molar-refractivity contribution in [3.8, 4) is 11.8 Å². The van der Waals surface area contributed by atoms with E-state index in [1.54, 1.807) is 17.5 Å². The third-order valence-electron chi connectivity index (χ3n) is 4.33. The summed E-state index contributed by atoms with van der Waals surface area (Å²) in [5.41, 5.74) is 0.161. The Morgan fingerprint density at radius 1 is 1.19 bits per heavy atom. The maximum absolute atomic E-state index is 12.8. The molecule has 3 aromatic heterocycles. The summed E-state index contributed by atoms with van der Waals surface area (Å²) in [7, 11) is 1.37. The van der Waals surface area contributed by atoms with Crippen molar-refractivity contribution in [2.24, 2.45) is 5.92 Å². The zero-order chi connectivity index (χ0) is 27.3. The van der Waals surface area contributed by atoms with Gasteiger partial charge in [-0.3, -0.25) is 4.79 Å². The number of aromatic nitrogens is 3. The zero-order valence-electron chi connectivity index (χ0n) is 18.5. The van der Waals surface area contributed by atoms with Gasteiger partial charge in [-0.1, -0.05) is 6.07 Å². The second-order valence-corrected chi connectivity index (χ2v) is 7.15. The van der Waals surface area contributed by atoms with Crippen LogP contribution >= 0.6 is 0 Å². The molecule has 2 N–H and O–H groups in total. The molecule has 0 radical (unpaired) electrons. The van der Waals surface area contributed by atoms with Gasteiger partial charge < -0.3 is 19.6 Å². The van der Waals surface area contributed by atoms with Crippen LogP contribution in [0.2, 0.25) is 0 Å². The normalized spacial score (nSPS) is 12.2. The number of carboxylic acids is 1. The number of hydrogen-bond donors (Lipinski definition) is 2. The number of carbonyl (C=O) groups is 2. The number of halogens is 6. The first-order chi connectivity index (χ1) is 16.6.